The van der Waals surface area contributed by atoms with E-state index in [1.807, 2.05) is 71.6 Å². The molecule has 0 saturated carbocycles. The molecule has 0 spiro atoms. The Kier molecular flexibility index (Phi) is 6.30. The Morgan fingerprint density at radius 1 is 0.895 bits per heavy atom. The predicted octanol–water partition coefficient (Wildman–Crippen LogP) is 4.30. The molecule has 0 bridgehead atoms. The van der Waals surface area contributed by atoms with Crippen molar-refractivity contribution in [3.05, 3.63) is 84.7 Å². The molecule has 11 heteroatoms. The summed E-state index contributed by atoms with van der Waals surface area (Å²) in [5, 5.41) is 3.74. The second kappa shape index (κ2) is 9.92. The van der Waals surface area contributed by atoms with Gasteiger partial charge in [0.25, 0.3) is 5.91 Å². The van der Waals surface area contributed by atoms with Gasteiger partial charge in [-0.2, -0.15) is 0 Å². The number of carbonyl (C=O) groups excluding carboxylic acids is 1. The summed E-state index contributed by atoms with van der Waals surface area (Å²) < 4.78 is 23.9. The first-order valence-corrected chi connectivity index (χ1v) is 14.6. The number of nitrogens with zero attached hydrogens (tertiary/aromatic N) is 5. The Morgan fingerprint density at radius 3 is 2.45 bits per heavy atom. The van der Waals surface area contributed by atoms with Gasteiger partial charge in [0.2, 0.25) is 0 Å². The number of aromatic nitrogens is 4. The maximum Gasteiger partial charge on any atom is 0.274 e. The third kappa shape index (κ3) is 4.98. The summed E-state index contributed by atoms with van der Waals surface area (Å²) >= 11 is 1.45. The molecule has 0 atom stereocenters. The number of sulfone groups is 1. The van der Waals surface area contributed by atoms with Crippen LogP contribution < -0.4 is 10.2 Å². The largest absolute Gasteiger partial charge is 0.354 e. The van der Waals surface area contributed by atoms with Gasteiger partial charge in [-0.1, -0.05) is 53.8 Å². The van der Waals surface area contributed by atoms with Crippen molar-refractivity contribution in [3.63, 3.8) is 0 Å². The number of amides is 1. The van der Waals surface area contributed by atoms with Crippen LogP contribution in [0.15, 0.2) is 79.0 Å². The summed E-state index contributed by atoms with van der Waals surface area (Å²) in [4.78, 5) is 34.6. The molecule has 0 aliphatic carbocycles. The number of para-hydroxylation sites is 1. The first-order valence-electron chi connectivity index (χ1n) is 12.0. The van der Waals surface area contributed by atoms with Gasteiger partial charge < -0.3 is 10.2 Å². The molecule has 5 aromatic rings. The second-order valence-corrected chi connectivity index (χ2v) is 12.1. The Labute approximate surface area is 223 Å². The zero-order valence-electron chi connectivity index (χ0n) is 20.1. The van der Waals surface area contributed by atoms with Crippen molar-refractivity contribution in [3.8, 4) is 22.0 Å². The number of pyridine rings is 1. The molecule has 4 heterocycles. The number of hydrogen-bond donors (Lipinski definition) is 1. The number of hydrogen-bond acceptors (Lipinski definition) is 9. The molecule has 190 valence electrons. The molecule has 0 radical (unpaired) electrons. The van der Waals surface area contributed by atoms with Crippen LogP contribution in [0.2, 0.25) is 0 Å². The zero-order valence-corrected chi connectivity index (χ0v) is 21.7. The lowest BCUT2D eigenvalue weighted by molar-refractivity contribution is 0.102. The van der Waals surface area contributed by atoms with E-state index in [4.69, 9.17) is 0 Å². The predicted molar refractivity (Wildman–Crippen MR) is 149 cm³/mol. The van der Waals surface area contributed by atoms with Gasteiger partial charge in [0, 0.05) is 36.5 Å². The number of fused-ring (bicyclic) bond motifs is 1. The van der Waals surface area contributed by atoms with Gasteiger partial charge in [-0.15, -0.1) is 0 Å². The Balaban J connectivity index is 1.35. The highest BCUT2D eigenvalue weighted by Crippen LogP contribution is 2.34. The average molecular weight is 543 g/mol. The number of carbonyl (C=O) groups is 1. The Bertz CT molecular complexity index is 1710. The van der Waals surface area contributed by atoms with E-state index in [0.29, 0.717) is 30.4 Å². The molecule has 1 amide bonds. The summed E-state index contributed by atoms with van der Waals surface area (Å²) in [6.45, 7) is 0.617. The third-order valence-corrected chi connectivity index (χ3v) is 8.84. The molecular formula is C27H22N6O3S2. The summed E-state index contributed by atoms with van der Waals surface area (Å²) in [6, 6.07) is 22.2. The normalized spacial score (nSPS) is 14.9. The van der Waals surface area contributed by atoms with Crippen molar-refractivity contribution in [2.75, 3.05) is 34.8 Å². The molecule has 6 rings (SSSR count). The van der Waals surface area contributed by atoms with Crippen molar-refractivity contribution in [2.45, 2.75) is 0 Å². The van der Waals surface area contributed by atoms with Crippen molar-refractivity contribution in [1.29, 1.82) is 0 Å². The molecule has 3 aromatic heterocycles. The van der Waals surface area contributed by atoms with E-state index in [1.165, 1.54) is 11.3 Å². The van der Waals surface area contributed by atoms with Gasteiger partial charge in [-0.3, -0.25) is 4.79 Å². The second-order valence-electron chi connectivity index (χ2n) is 8.79. The fraction of sp³-hybridized carbons (Fsp3) is 0.148. The van der Waals surface area contributed by atoms with Gasteiger partial charge in [0.05, 0.1) is 17.2 Å². The van der Waals surface area contributed by atoms with Crippen LogP contribution in [0, 0.1) is 0 Å². The van der Waals surface area contributed by atoms with Gasteiger partial charge in [-0.05, 0) is 24.3 Å². The average Bonchev–Trinajstić information content (AvgIpc) is 3.38. The molecule has 1 aliphatic heterocycles. The van der Waals surface area contributed by atoms with Crippen molar-refractivity contribution in [2.24, 2.45) is 0 Å². The number of nitrogens with one attached hydrogen (secondary N) is 1. The fourth-order valence-electron chi connectivity index (χ4n) is 4.22. The minimum atomic E-state index is -3.07. The molecule has 1 fully saturated rings. The topological polar surface area (TPSA) is 118 Å². The lowest BCUT2D eigenvalue weighted by Gasteiger charge is -2.28. The first kappa shape index (κ1) is 24.1. The molecule has 2 aromatic carbocycles. The Hall–Kier alpha value is -4.22. The number of benzene rings is 2. The van der Waals surface area contributed by atoms with Crippen molar-refractivity contribution < 1.29 is 13.2 Å². The number of thiazole rings is 1. The van der Waals surface area contributed by atoms with Gasteiger partial charge in [0.15, 0.2) is 15.7 Å². The van der Waals surface area contributed by atoms with Gasteiger partial charge in [0.1, 0.15) is 26.9 Å². The summed E-state index contributed by atoms with van der Waals surface area (Å²) in [5.74, 6) is 0.603. The van der Waals surface area contributed by atoms with Crippen LogP contribution in [0.3, 0.4) is 0 Å². The smallest absolute Gasteiger partial charge is 0.274 e. The molecular weight excluding hydrogens is 520 g/mol. The first-order chi connectivity index (χ1) is 18.4. The molecule has 1 aliphatic rings. The SMILES string of the molecule is O=C(Nc1ccccc1-c1nc2cccnc2s1)c1cc(N2CCS(=O)(=O)CC2)nc(-c2ccccc2)n1. The fourth-order valence-corrected chi connectivity index (χ4v) is 6.37. The van der Waals surface area contributed by atoms with Crippen LogP contribution in [0.5, 0.6) is 0 Å². The highest BCUT2D eigenvalue weighted by Gasteiger charge is 2.25. The van der Waals surface area contributed by atoms with Crippen molar-refractivity contribution >= 4 is 48.9 Å². The van der Waals surface area contributed by atoms with Crippen molar-refractivity contribution in [1.82, 2.24) is 19.9 Å². The van der Waals surface area contributed by atoms with Crippen LogP contribution in [0.1, 0.15) is 10.5 Å². The maximum absolute atomic E-state index is 13.5. The Morgan fingerprint density at radius 2 is 1.66 bits per heavy atom. The van der Waals surface area contributed by atoms with Gasteiger partial charge in [-0.25, -0.2) is 28.4 Å². The zero-order chi connectivity index (χ0) is 26.1. The third-order valence-electron chi connectivity index (χ3n) is 6.22. The maximum atomic E-state index is 13.5. The molecule has 1 N–H and O–H groups in total. The van der Waals surface area contributed by atoms with E-state index in [9.17, 15) is 13.2 Å². The lowest BCUT2D eigenvalue weighted by atomic mass is 10.1. The number of rotatable bonds is 5. The van der Waals surface area contributed by atoms with Crippen LogP contribution >= 0.6 is 11.3 Å². The van der Waals surface area contributed by atoms with Crippen LogP contribution in [0.4, 0.5) is 11.5 Å². The monoisotopic (exact) mass is 542 g/mol. The van der Waals surface area contributed by atoms with E-state index < -0.39 is 15.7 Å². The quantitative estimate of drug-likeness (QED) is 0.349. The van der Waals surface area contributed by atoms with Crippen LogP contribution in [0.25, 0.3) is 32.3 Å². The van der Waals surface area contributed by atoms with E-state index in [-0.39, 0.29) is 17.2 Å². The standard InChI is InChI=1S/C27H22N6O3S2/c34-25(30-20-10-5-4-9-19(20)26-31-21-11-6-12-28-27(21)37-26)22-17-23(33-13-15-38(35,36)16-14-33)32-24(29-22)18-7-2-1-3-8-18/h1-12,17H,13-16H2,(H,30,34). The minimum absolute atomic E-state index is 0.0452. The van der Waals surface area contributed by atoms with Crippen LogP contribution in [-0.4, -0.2) is 58.9 Å². The number of anilines is 2. The highest BCUT2D eigenvalue weighted by molar-refractivity contribution is 7.91. The molecule has 1 saturated heterocycles. The lowest BCUT2D eigenvalue weighted by Crippen LogP contribution is -2.41. The molecule has 38 heavy (non-hydrogen) atoms. The van der Waals surface area contributed by atoms with E-state index in [2.05, 4.69) is 25.3 Å². The minimum Gasteiger partial charge on any atom is -0.354 e. The van der Waals surface area contributed by atoms with Crippen LogP contribution in [-0.2, 0) is 9.84 Å². The highest BCUT2D eigenvalue weighted by atomic mass is 32.2. The van der Waals surface area contributed by atoms with Gasteiger partial charge >= 0.3 is 0 Å². The van der Waals surface area contributed by atoms with E-state index in [0.717, 1.165) is 26.5 Å². The summed E-state index contributed by atoms with van der Waals surface area (Å²) in [7, 11) is -3.07. The summed E-state index contributed by atoms with van der Waals surface area (Å²) in [6.07, 6.45) is 1.73. The molecule has 9 nitrogen and oxygen atoms in total. The van der Waals surface area contributed by atoms with E-state index in [1.54, 1.807) is 12.3 Å². The molecule has 0 unspecified atom stereocenters. The van der Waals surface area contributed by atoms with E-state index >= 15 is 0 Å². The summed E-state index contributed by atoms with van der Waals surface area (Å²) in [5.41, 5.74) is 3.12.